The van der Waals surface area contributed by atoms with E-state index >= 15 is 0 Å². The van der Waals surface area contributed by atoms with Crippen molar-refractivity contribution in [2.75, 3.05) is 0 Å². The van der Waals surface area contributed by atoms with Gasteiger partial charge < -0.3 is 10.6 Å². The summed E-state index contributed by atoms with van der Waals surface area (Å²) in [5, 5.41) is 15.4. The first kappa shape index (κ1) is 21.9. The normalized spacial score (nSPS) is 11.4. The Kier molecular flexibility index (Phi) is 6.82. The van der Waals surface area contributed by atoms with E-state index in [1.807, 2.05) is 37.5 Å². The number of thioether (sulfide) groups is 1. The number of nitrogens with zero attached hydrogens (tertiary/aromatic N) is 3. The van der Waals surface area contributed by atoms with Gasteiger partial charge in [-0.3, -0.25) is 4.57 Å². The quantitative estimate of drug-likeness (QED) is 0.560. The lowest BCUT2D eigenvalue weighted by molar-refractivity contribution is 0.231. The molecule has 0 bridgehead atoms. The third-order valence-corrected chi connectivity index (χ3v) is 5.34. The van der Waals surface area contributed by atoms with Crippen molar-refractivity contribution >= 4 is 17.8 Å². The van der Waals surface area contributed by atoms with Crippen LogP contribution in [-0.4, -0.2) is 26.3 Å². The number of urea groups is 1. The van der Waals surface area contributed by atoms with Gasteiger partial charge in [-0.15, -0.1) is 10.2 Å². The van der Waals surface area contributed by atoms with Crippen molar-refractivity contribution in [3.63, 3.8) is 0 Å². The van der Waals surface area contributed by atoms with E-state index in [9.17, 15) is 4.79 Å². The molecule has 3 aromatic rings. The Morgan fingerprint density at radius 2 is 1.77 bits per heavy atom. The molecule has 0 spiro atoms. The smallest absolute Gasteiger partial charge is 0.315 e. The molecule has 0 saturated heterocycles. The maximum Gasteiger partial charge on any atom is 0.315 e. The van der Waals surface area contributed by atoms with Crippen LogP contribution in [0.25, 0.3) is 5.69 Å². The lowest BCUT2D eigenvalue weighted by Crippen LogP contribution is -2.46. The van der Waals surface area contributed by atoms with Crippen LogP contribution in [0.2, 0.25) is 0 Å². The molecule has 1 heterocycles. The number of hydrogen-bond donors (Lipinski definition) is 2. The number of nitrogens with one attached hydrogen (secondary N) is 2. The fraction of sp³-hybridized carbons (Fsp3) is 0.348. The van der Waals surface area contributed by atoms with Crippen LogP contribution in [0, 0.1) is 13.8 Å². The van der Waals surface area contributed by atoms with Crippen LogP contribution >= 0.6 is 11.8 Å². The number of benzene rings is 2. The lowest BCUT2D eigenvalue weighted by atomic mass is 10.1. The summed E-state index contributed by atoms with van der Waals surface area (Å²) in [6.45, 7) is 10.3. The Bertz CT molecular complexity index is 1010. The summed E-state index contributed by atoms with van der Waals surface area (Å²) >= 11 is 1.63. The number of amides is 2. The number of aryl methyl sites for hydroxylation is 2. The molecule has 0 aliphatic rings. The maximum atomic E-state index is 12.2. The van der Waals surface area contributed by atoms with Crippen molar-refractivity contribution < 1.29 is 4.79 Å². The zero-order valence-corrected chi connectivity index (χ0v) is 19.0. The molecule has 7 heteroatoms. The van der Waals surface area contributed by atoms with Crippen LogP contribution < -0.4 is 10.6 Å². The minimum absolute atomic E-state index is 0.227. The van der Waals surface area contributed by atoms with E-state index in [-0.39, 0.29) is 18.1 Å². The minimum Gasteiger partial charge on any atom is -0.334 e. The van der Waals surface area contributed by atoms with Gasteiger partial charge >= 0.3 is 6.03 Å². The Morgan fingerprint density at radius 1 is 1.03 bits per heavy atom. The molecule has 1 aromatic heterocycles. The number of hydrogen-bond acceptors (Lipinski definition) is 4. The molecular weight excluding hydrogens is 394 g/mol. The molecule has 6 nitrogen and oxygen atoms in total. The predicted octanol–water partition coefficient (Wildman–Crippen LogP) is 4.77. The van der Waals surface area contributed by atoms with Gasteiger partial charge in [0.2, 0.25) is 0 Å². The van der Waals surface area contributed by atoms with Gasteiger partial charge in [0.15, 0.2) is 11.0 Å². The van der Waals surface area contributed by atoms with Crippen LogP contribution in [0.4, 0.5) is 4.79 Å². The lowest BCUT2D eigenvalue weighted by Gasteiger charge is -2.20. The topological polar surface area (TPSA) is 71.8 Å². The molecule has 0 aliphatic carbocycles. The zero-order valence-electron chi connectivity index (χ0n) is 18.2. The van der Waals surface area contributed by atoms with Gasteiger partial charge in [0.25, 0.3) is 0 Å². The minimum atomic E-state index is -0.302. The van der Waals surface area contributed by atoms with Gasteiger partial charge in [-0.2, -0.15) is 0 Å². The first-order valence-corrected chi connectivity index (χ1v) is 11.0. The third kappa shape index (κ3) is 6.10. The van der Waals surface area contributed by atoms with E-state index in [4.69, 9.17) is 0 Å². The highest BCUT2D eigenvalue weighted by molar-refractivity contribution is 7.98. The highest BCUT2D eigenvalue weighted by Gasteiger charge is 2.17. The first-order valence-electron chi connectivity index (χ1n) is 9.97. The second kappa shape index (κ2) is 9.34. The molecule has 2 aromatic carbocycles. The number of carbonyl (C=O) groups excluding carboxylic acids is 1. The molecule has 2 amide bonds. The van der Waals surface area contributed by atoms with Crippen molar-refractivity contribution in [1.82, 2.24) is 25.4 Å². The van der Waals surface area contributed by atoms with Crippen LogP contribution in [0.5, 0.6) is 0 Å². The van der Waals surface area contributed by atoms with Crippen LogP contribution in [0.3, 0.4) is 0 Å². The summed E-state index contributed by atoms with van der Waals surface area (Å²) in [4.78, 5) is 12.2. The third-order valence-electron chi connectivity index (χ3n) is 4.34. The van der Waals surface area contributed by atoms with E-state index in [0.29, 0.717) is 5.82 Å². The van der Waals surface area contributed by atoms with Crippen LogP contribution in [0.1, 0.15) is 43.3 Å². The molecule has 0 aliphatic heterocycles. The van der Waals surface area contributed by atoms with Gasteiger partial charge in [0.1, 0.15) is 0 Å². The average Bonchev–Trinajstić information content (AvgIpc) is 3.07. The molecule has 0 atom stereocenters. The monoisotopic (exact) mass is 423 g/mol. The summed E-state index contributed by atoms with van der Waals surface area (Å²) in [6, 6.07) is 16.5. The van der Waals surface area contributed by atoms with Gasteiger partial charge in [-0.25, -0.2) is 4.79 Å². The van der Waals surface area contributed by atoms with E-state index in [1.165, 1.54) is 16.7 Å². The molecule has 158 valence electrons. The molecule has 30 heavy (non-hydrogen) atoms. The van der Waals surface area contributed by atoms with Crippen LogP contribution in [-0.2, 0) is 12.3 Å². The molecule has 0 unspecified atom stereocenters. The summed E-state index contributed by atoms with van der Waals surface area (Å²) < 4.78 is 2.01. The highest BCUT2D eigenvalue weighted by atomic mass is 32.2. The first-order chi connectivity index (χ1) is 14.2. The Hall–Kier alpha value is -2.80. The standard InChI is InChI=1S/C23H29N5OS/c1-16-9-11-19(12-10-16)28-20(14-24-21(29)25-23(3,4)5)26-27-22(28)30-15-18-8-6-7-17(2)13-18/h6-13H,14-15H2,1-5H3,(H2,24,25,29). The Labute approximate surface area is 182 Å². The van der Waals surface area contributed by atoms with E-state index in [2.05, 4.69) is 71.1 Å². The second-order valence-electron chi connectivity index (χ2n) is 8.41. The average molecular weight is 424 g/mol. The summed E-state index contributed by atoms with van der Waals surface area (Å²) in [5.41, 5.74) is 4.34. The SMILES string of the molecule is Cc1ccc(-n2c(CNC(=O)NC(C)(C)C)nnc2SCc2cccc(C)c2)cc1. The maximum absolute atomic E-state index is 12.2. The fourth-order valence-corrected chi connectivity index (χ4v) is 3.87. The van der Waals surface area contributed by atoms with Gasteiger partial charge in [0, 0.05) is 17.0 Å². The largest absolute Gasteiger partial charge is 0.334 e. The van der Waals surface area contributed by atoms with Crippen molar-refractivity contribution in [1.29, 1.82) is 0 Å². The van der Waals surface area contributed by atoms with Gasteiger partial charge in [-0.05, 0) is 52.3 Å². The summed E-state index contributed by atoms with van der Waals surface area (Å²) in [5.74, 6) is 1.48. The predicted molar refractivity (Wildman–Crippen MR) is 122 cm³/mol. The van der Waals surface area contributed by atoms with E-state index < -0.39 is 0 Å². The molecule has 0 saturated carbocycles. The molecule has 0 fully saturated rings. The molecular formula is C23H29N5OS. The van der Waals surface area contributed by atoms with Crippen LogP contribution in [0.15, 0.2) is 53.7 Å². The molecule has 0 radical (unpaired) electrons. The van der Waals surface area contributed by atoms with Gasteiger partial charge in [0.05, 0.1) is 6.54 Å². The van der Waals surface area contributed by atoms with E-state index in [1.54, 1.807) is 11.8 Å². The second-order valence-corrected chi connectivity index (χ2v) is 9.35. The van der Waals surface area contributed by atoms with Crippen molar-refractivity contribution in [2.45, 2.75) is 57.6 Å². The molecule has 2 N–H and O–H groups in total. The Morgan fingerprint density at radius 3 is 2.43 bits per heavy atom. The Balaban J connectivity index is 1.82. The van der Waals surface area contributed by atoms with Crippen molar-refractivity contribution in [2.24, 2.45) is 0 Å². The van der Waals surface area contributed by atoms with E-state index in [0.717, 1.165) is 16.6 Å². The van der Waals surface area contributed by atoms with Crippen molar-refractivity contribution in [3.8, 4) is 5.69 Å². The van der Waals surface area contributed by atoms with Gasteiger partial charge in [-0.1, -0.05) is 59.3 Å². The summed E-state index contributed by atoms with van der Waals surface area (Å²) in [6.07, 6.45) is 0. The number of carbonyl (C=O) groups is 1. The zero-order chi connectivity index (χ0) is 21.7. The summed E-state index contributed by atoms with van der Waals surface area (Å²) in [7, 11) is 0. The fourth-order valence-electron chi connectivity index (χ4n) is 2.96. The number of rotatable bonds is 6. The number of aromatic nitrogens is 3. The highest BCUT2D eigenvalue weighted by Crippen LogP contribution is 2.26. The molecule has 3 rings (SSSR count). The van der Waals surface area contributed by atoms with Crippen molar-refractivity contribution in [3.05, 3.63) is 71.0 Å².